The van der Waals surface area contributed by atoms with Crippen LogP contribution in [0.2, 0.25) is 0 Å². The summed E-state index contributed by atoms with van der Waals surface area (Å²) in [5.74, 6) is -17.7. The molecule has 41 nitrogen and oxygen atoms in total. The van der Waals surface area contributed by atoms with Gasteiger partial charge < -0.3 is 124 Å². The molecule has 9 aromatic rings. The minimum Gasteiger partial charge on any atom is -0.463 e. The molecule has 0 aliphatic carbocycles. The van der Waals surface area contributed by atoms with Crippen molar-refractivity contribution in [1.82, 2.24) is 0 Å². The molecule has 5 saturated heterocycles. The third kappa shape index (κ3) is 27.8. The number of esters is 15. The van der Waals surface area contributed by atoms with Crippen molar-refractivity contribution in [3.05, 3.63) is 323 Å². The number of hydrogen-bond acceptors (Lipinski definition) is 41. The van der Waals surface area contributed by atoms with Crippen LogP contribution in [0.3, 0.4) is 0 Å². The van der Waals surface area contributed by atoms with Crippen LogP contribution in [0.1, 0.15) is 135 Å². The van der Waals surface area contributed by atoms with E-state index in [9.17, 15) is 53.4 Å². The molecule has 0 spiro atoms. The van der Waals surface area contributed by atoms with Gasteiger partial charge in [0.1, 0.15) is 81.4 Å². The first kappa shape index (κ1) is 106. The van der Waals surface area contributed by atoms with Gasteiger partial charge in [-0.2, -0.15) is 0 Å². The van der Waals surface area contributed by atoms with Crippen LogP contribution < -0.4 is 0 Å². The molecule has 0 radical (unpaired) electrons. The molecule has 5 heterocycles. The van der Waals surface area contributed by atoms with Crippen molar-refractivity contribution in [3.8, 4) is 0 Å². The monoisotopic (exact) mass is 2020 g/mol. The Morgan fingerprint density at radius 3 is 0.651 bits per heavy atom. The predicted octanol–water partition coefficient (Wildman–Crippen LogP) is 8.28. The van der Waals surface area contributed by atoms with Crippen LogP contribution in [-0.4, -0.2) is 286 Å². The van der Waals surface area contributed by atoms with E-state index < -0.39 is 276 Å². The highest BCUT2D eigenvalue weighted by Crippen LogP contribution is 2.44. The first-order valence-corrected chi connectivity index (χ1v) is 45.8. The summed E-state index contributed by atoms with van der Waals surface area (Å²) in [7, 11) is 0. The molecule has 146 heavy (non-hydrogen) atoms. The van der Waals surface area contributed by atoms with E-state index in [1.54, 1.807) is 30.3 Å². The fourth-order valence-corrected chi connectivity index (χ4v) is 16.4. The molecule has 766 valence electrons. The Kier molecular flexibility index (Phi) is 36.9. The molecule has 25 atom stereocenters. The Hall–Kier alpha value is -15.4. The standard InChI is InChI=1S/C105H100O41/c1-57(107)123-53-74-78(127-59(3)109)83(129-61(5)111)88(130-62(6)112)102(133-74)145-85-79(128-60(4)110)75(54-124-58(2)108)134-104(90(85)141-99(120)70-48-30-14-31-49-70)146-86-80(137-95(116)66-40-22-10-23-41-66)76(56-126-93(114)64-36-18-8-19-37-64)135-105(91(86)142-100(121)71-50-32-15-33-51-71)144-84-77(136-94(115)65-38-20-9-21-39-65)72(52-106)132-103(89(84)140-98(119)69-46-28-13-29-47-69)143-81-73(55-125-92(113)63-34-16-7-17-35-63)131-101(122)87(139-97(118)68-44-26-12-27-45-68)82(81)138-96(117)67-42-24-11-25-43-67/h7-51,72-91,101-106,122H,52-56H2,1-6H3/t72-,73-,74-,75-,76-,77+,78+,79+,80+,81-,82+,83+,84+,85+,86+,87+,88-,89-,90-,91-,101+,102+,103+,104+,105+/m1/s1. The SMILES string of the molecule is CC(=O)OC[C@H]1O[C@@H](O[C@H]2[C@@H](OC(C)=O)[C@@H](COC(C)=O)O[C@@H](O[C@H]3[C@@H](OC(=O)c4ccccc4)[C@@H](COC(=O)c4ccccc4)O[C@@H](O[C@H]4[C@@H](OC(=O)c5ccccc5)[C@@H](CO)O[C@@H](O[C@H]5[C@H](OC(=O)c6ccccc6)[C@H](OC(=O)c6ccccc6)[C@@H](O)O[C@@H]5COC(=O)c5ccccc5)[C@@H]4OC(=O)c4ccccc4)[C@@H]3OC(=O)c3ccccc3)[C@@H]2OC(=O)c2ccccc2)[C@H](OC(C)=O)[C@@H](OC(C)=O)[C@H]1OC(C)=O. The first-order chi connectivity index (χ1) is 70.4. The highest BCUT2D eigenvalue weighted by Gasteiger charge is 2.64. The van der Waals surface area contributed by atoms with Crippen LogP contribution in [0.25, 0.3) is 0 Å². The summed E-state index contributed by atoms with van der Waals surface area (Å²) in [6, 6.07) is 63.7. The zero-order valence-electron chi connectivity index (χ0n) is 78.8. The summed E-state index contributed by atoms with van der Waals surface area (Å²) < 4.78 is 155. The molecular formula is C105H100O41. The maximum Gasteiger partial charge on any atom is 0.338 e. The van der Waals surface area contributed by atoms with Gasteiger partial charge in [0.05, 0.1) is 56.7 Å². The largest absolute Gasteiger partial charge is 0.463 e. The smallest absolute Gasteiger partial charge is 0.338 e. The lowest BCUT2D eigenvalue weighted by Gasteiger charge is -2.52. The highest BCUT2D eigenvalue weighted by molar-refractivity contribution is 5.94. The normalized spacial score (nSPS) is 26.7. The van der Waals surface area contributed by atoms with E-state index in [0.717, 1.165) is 41.5 Å². The topological polar surface area (TPSA) is 518 Å². The summed E-state index contributed by atoms with van der Waals surface area (Å²) in [6.45, 7) is 0.142. The van der Waals surface area contributed by atoms with Gasteiger partial charge in [-0.05, 0) is 109 Å². The maximum absolute atomic E-state index is 16.0. The first-order valence-electron chi connectivity index (χ1n) is 45.8. The van der Waals surface area contributed by atoms with E-state index in [1.165, 1.54) is 243 Å². The van der Waals surface area contributed by atoms with Gasteiger partial charge in [0.25, 0.3) is 0 Å². The van der Waals surface area contributed by atoms with Gasteiger partial charge in [0.2, 0.25) is 0 Å². The number of carbonyl (C=O) groups excluding carboxylic acids is 15. The van der Waals surface area contributed by atoms with Crippen molar-refractivity contribution in [2.45, 2.75) is 195 Å². The molecule has 5 aliphatic rings. The highest BCUT2D eigenvalue weighted by atomic mass is 16.8. The van der Waals surface area contributed by atoms with Crippen LogP contribution in [-0.2, 0) is 142 Å². The molecule has 5 aliphatic heterocycles. The average molecular weight is 2020 g/mol. The van der Waals surface area contributed by atoms with Crippen LogP contribution in [0.15, 0.2) is 273 Å². The van der Waals surface area contributed by atoms with Crippen molar-refractivity contribution >= 4 is 89.5 Å². The van der Waals surface area contributed by atoms with Gasteiger partial charge >= 0.3 is 89.5 Å². The second-order valence-corrected chi connectivity index (χ2v) is 33.3. The molecule has 0 amide bonds. The van der Waals surface area contributed by atoms with Gasteiger partial charge in [-0.15, -0.1) is 0 Å². The van der Waals surface area contributed by atoms with E-state index in [0.29, 0.717) is 0 Å². The molecular weight excluding hydrogens is 1920 g/mol. The minimum atomic E-state index is -2.71. The van der Waals surface area contributed by atoms with E-state index in [-0.39, 0.29) is 50.1 Å². The van der Waals surface area contributed by atoms with E-state index in [2.05, 4.69) is 0 Å². The molecule has 5 fully saturated rings. The van der Waals surface area contributed by atoms with Gasteiger partial charge in [0.15, 0.2) is 98.6 Å². The Bertz CT molecular complexity index is 5980. The Morgan fingerprint density at radius 1 is 0.199 bits per heavy atom. The number of ether oxygens (including phenoxy) is 24. The molecule has 9 aromatic carbocycles. The zero-order chi connectivity index (χ0) is 104. The van der Waals surface area contributed by atoms with Crippen molar-refractivity contribution in [2.24, 2.45) is 0 Å². The summed E-state index contributed by atoms with van der Waals surface area (Å²) in [4.78, 5) is 218. The number of aliphatic hydroxyl groups is 2. The number of rotatable bonds is 37. The fraction of sp³-hybridized carbons (Fsp3) is 0.343. The Balaban J connectivity index is 1.01. The average Bonchev–Trinajstić information content (AvgIpc) is 0.723. The predicted molar refractivity (Wildman–Crippen MR) is 491 cm³/mol. The lowest BCUT2D eigenvalue weighted by atomic mass is 9.94. The van der Waals surface area contributed by atoms with Crippen LogP contribution >= 0.6 is 0 Å². The molecule has 0 bridgehead atoms. The van der Waals surface area contributed by atoms with Crippen LogP contribution in [0.4, 0.5) is 0 Å². The van der Waals surface area contributed by atoms with Gasteiger partial charge in [-0.3, -0.25) is 28.8 Å². The van der Waals surface area contributed by atoms with Crippen molar-refractivity contribution in [1.29, 1.82) is 0 Å². The lowest BCUT2D eigenvalue weighted by molar-refractivity contribution is -0.392. The zero-order valence-corrected chi connectivity index (χ0v) is 78.8. The van der Waals surface area contributed by atoms with Crippen molar-refractivity contribution in [3.63, 3.8) is 0 Å². The van der Waals surface area contributed by atoms with E-state index in [4.69, 9.17) is 114 Å². The van der Waals surface area contributed by atoms with E-state index >= 15 is 28.8 Å². The number of benzene rings is 9. The Morgan fingerprint density at radius 2 is 0.384 bits per heavy atom. The number of hydrogen-bond donors (Lipinski definition) is 2. The third-order valence-corrected chi connectivity index (χ3v) is 23.0. The summed E-state index contributed by atoms with van der Waals surface area (Å²) >= 11 is 0. The van der Waals surface area contributed by atoms with Crippen LogP contribution in [0.5, 0.6) is 0 Å². The molecule has 14 rings (SSSR count). The summed E-state index contributed by atoms with van der Waals surface area (Å²) in [5, 5.41) is 24.7. The molecule has 2 N–H and O–H groups in total. The van der Waals surface area contributed by atoms with Crippen molar-refractivity contribution in [2.75, 3.05) is 33.0 Å². The fourth-order valence-electron chi connectivity index (χ4n) is 16.4. The second kappa shape index (κ2) is 50.7. The summed E-state index contributed by atoms with van der Waals surface area (Å²) in [5.41, 5.74) is -1.82. The molecule has 0 saturated carbocycles. The van der Waals surface area contributed by atoms with E-state index in [1.807, 2.05) is 0 Å². The Labute approximate surface area is 832 Å². The quantitative estimate of drug-likeness (QED) is 0.0273. The lowest BCUT2D eigenvalue weighted by Crippen LogP contribution is -2.70. The molecule has 0 unspecified atom stereocenters. The number of carbonyl (C=O) groups is 15. The molecule has 41 heteroatoms. The van der Waals surface area contributed by atoms with Gasteiger partial charge in [-0.25, -0.2) is 43.2 Å². The molecule has 0 aromatic heterocycles. The van der Waals surface area contributed by atoms with Gasteiger partial charge in [-0.1, -0.05) is 164 Å². The van der Waals surface area contributed by atoms with Crippen LogP contribution in [0, 0.1) is 0 Å². The maximum atomic E-state index is 16.0. The van der Waals surface area contributed by atoms with Gasteiger partial charge in [0, 0.05) is 41.5 Å². The minimum absolute atomic E-state index is 0.0356. The van der Waals surface area contributed by atoms with Crippen molar-refractivity contribution < 1.29 is 196 Å². The number of aliphatic hydroxyl groups excluding tert-OH is 2. The summed E-state index contributed by atoms with van der Waals surface area (Å²) in [6.07, 6.45) is -57.9. The second-order valence-electron chi connectivity index (χ2n) is 33.3. The third-order valence-electron chi connectivity index (χ3n) is 23.0.